The second-order valence-electron chi connectivity index (χ2n) is 6.36. The zero-order valence-electron chi connectivity index (χ0n) is 13.5. The van der Waals surface area contributed by atoms with Crippen molar-refractivity contribution >= 4 is 33.1 Å². The largest absolute Gasteiger partial charge is 0.325 e. The van der Waals surface area contributed by atoms with Gasteiger partial charge in [0.25, 0.3) is 0 Å². The number of nitrogens with one attached hydrogen (secondary N) is 1. The highest BCUT2D eigenvalue weighted by Crippen LogP contribution is 2.35. The van der Waals surface area contributed by atoms with Crippen LogP contribution in [0.5, 0.6) is 0 Å². The Balaban J connectivity index is 1.63. The van der Waals surface area contributed by atoms with E-state index in [4.69, 9.17) is 4.98 Å². The van der Waals surface area contributed by atoms with Gasteiger partial charge in [-0.25, -0.2) is 4.98 Å². The van der Waals surface area contributed by atoms with E-state index in [1.54, 1.807) is 11.3 Å². The summed E-state index contributed by atoms with van der Waals surface area (Å²) in [5, 5.41) is 4.11. The van der Waals surface area contributed by atoms with Gasteiger partial charge < -0.3 is 5.32 Å². The average Bonchev–Trinajstić information content (AvgIpc) is 3.07. The van der Waals surface area contributed by atoms with Crippen molar-refractivity contribution in [2.24, 2.45) is 5.92 Å². The quantitative estimate of drug-likeness (QED) is 0.688. The lowest BCUT2D eigenvalue weighted by atomic mass is 9.88. The van der Waals surface area contributed by atoms with Crippen molar-refractivity contribution < 1.29 is 4.79 Å². The molecule has 1 fully saturated rings. The van der Waals surface area contributed by atoms with Gasteiger partial charge in [0.2, 0.25) is 5.91 Å². The summed E-state index contributed by atoms with van der Waals surface area (Å²) in [6.07, 6.45) is 5.60. The summed E-state index contributed by atoms with van der Waals surface area (Å²) < 4.78 is 1.17. The molecule has 1 aliphatic rings. The van der Waals surface area contributed by atoms with Gasteiger partial charge >= 0.3 is 0 Å². The number of amides is 1. The van der Waals surface area contributed by atoms with Crippen LogP contribution in [-0.2, 0) is 4.79 Å². The zero-order valence-corrected chi connectivity index (χ0v) is 14.3. The van der Waals surface area contributed by atoms with E-state index in [-0.39, 0.29) is 11.8 Å². The van der Waals surface area contributed by atoms with Crippen molar-refractivity contribution in [3.05, 3.63) is 48.5 Å². The third-order valence-corrected chi connectivity index (χ3v) is 5.75. The number of hydrogen-bond donors (Lipinski definition) is 1. The van der Waals surface area contributed by atoms with Crippen LogP contribution in [-0.4, -0.2) is 10.9 Å². The van der Waals surface area contributed by atoms with Crippen molar-refractivity contribution in [3.63, 3.8) is 0 Å². The van der Waals surface area contributed by atoms with Crippen LogP contribution in [0.2, 0.25) is 0 Å². The fourth-order valence-corrected chi connectivity index (χ4v) is 4.37. The number of aromatic nitrogens is 1. The van der Waals surface area contributed by atoms with Crippen LogP contribution in [0.4, 0.5) is 5.69 Å². The van der Waals surface area contributed by atoms with Gasteiger partial charge in [-0.1, -0.05) is 43.5 Å². The first-order valence-corrected chi connectivity index (χ1v) is 9.39. The van der Waals surface area contributed by atoms with Crippen LogP contribution in [0.15, 0.2) is 48.5 Å². The van der Waals surface area contributed by atoms with E-state index >= 15 is 0 Å². The molecule has 1 aliphatic carbocycles. The molecular formula is C20H20N2OS. The fraction of sp³-hybridized carbons (Fsp3) is 0.300. The number of carbonyl (C=O) groups is 1. The molecule has 4 rings (SSSR count). The van der Waals surface area contributed by atoms with Crippen LogP contribution in [0.3, 0.4) is 0 Å². The van der Waals surface area contributed by atoms with Gasteiger partial charge in [-0.05, 0) is 37.1 Å². The topological polar surface area (TPSA) is 42.0 Å². The summed E-state index contributed by atoms with van der Waals surface area (Å²) in [7, 11) is 0. The van der Waals surface area contributed by atoms with E-state index in [2.05, 4.69) is 11.4 Å². The van der Waals surface area contributed by atoms with Gasteiger partial charge in [0.1, 0.15) is 5.01 Å². The maximum absolute atomic E-state index is 12.6. The van der Waals surface area contributed by atoms with Gasteiger partial charge in [0, 0.05) is 11.5 Å². The molecule has 2 aromatic carbocycles. The van der Waals surface area contributed by atoms with E-state index in [0.29, 0.717) is 0 Å². The number of hydrogen-bond acceptors (Lipinski definition) is 3. The normalized spacial score (nSPS) is 15.5. The second-order valence-corrected chi connectivity index (χ2v) is 7.39. The average molecular weight is 336 g/mol. The molecule has 0 unspecified atom stereocenters. The Bertz CT molecular complexity index is 832. The number of carbonyl (C=O) groups excluding carboxylic acids is 1. The van der Waals surface area contributed by atoms with E-state index in [1.807, 2.05) is 42.5 Å². The Labute approximate surface area is 145 Å². The Morgan fingerprint density at radius 3 is 2.58 bits per heavy atom. The van der Waals surface area contributed by atoms with E-state index in [0.717, 1.165) is 47.5 Å². The lowest BCUT2D eigenvalue weighted by Gasteiger charge is -2.21. The molecule has 122 valence electrons. The molecule has 0 aliphatic heterocycles. The van der Waals surface area contributed by atoms with Crippen molar-refractivity contribution in [1.82, 2.24) is 4.98 Å². The van der Waals surface area contributed by atoms with Crippen molar-refractivity contribution in [2.75, 3.05) is 5.32 Å². The van der Waals surface area contributed by atoms with Gasteiger partial charge in [0.05, 0.1) is 15.9 Å². The molecule has 4 heteroatoms. The van der Waals surface area contributed by atoms with Crippen LogP contribution in [0, 0.1) is 5.92 Å². The number of benzene rings is 2. The minimum atomic E-state index is 0.155. The molecule has 0 spiro atoms. The predicted octanol–water partition coefficient (Wildman–Crippen LogP) is 5.48. The van der Waals surface area contributed by atoms with Gasteiger partial charge in [-0.15, -0.1) is 11.3 Å². The van der Waals surface area contributed by atoms with E-state index < -0.39 is 0 Å². The van der Waals surface area contributed by atoms with Crippen molar-refractivity contribution in [2.45, 2.75) is 32.1 Å². The van der Waals surface area contributed by atoms with Crippen molar-refractivity contribution in [1.29, 1.82) is 0 Å². The third kappa shape index (κ3) is 3.06. The van der Waals surface area contributed by atoms with Crippen LogP contribution < -0.4 is 5.32 Å². The maximum atomic E-state index is 12.6. The van der Waals surface area contributed by atoms with Crippen LogP contribution in [0.25, 0.3) is 20.8 Å². The minimum Gasteiger partial charge on any atom is -0.325 e. The number of para-hydroxylation sites is 2. The highest BCUT2D eigenvalue weighted by molar-refractivity contribution is 7.21. The standard InChI is InChI=1S/C20H20N2OS/c23-19(14-8-2-1-3-9-14)21-16-11-5-4-10-15(16)20-22-17-12-6-7-13-18(17)24-20/h4-7,10-14H,1-3,8-9H2,(H,21,23). The van der Waals surface area contributed by atoms with Gasteiger partial charge in [-0.2, -0.15) is 0 Å². The number of nitrogens with zero attached hydrogens (tertiary/aromatic N) is 1. The zero-order chi connectivity index (χ0) is 16.4. The molecular weight excluding hydrogens is 316 g/mol. The summed E-state index contributed by atoms with van der Waals surface area (Å²) in [5.41, 5.74) is 2.88. The van der Waals surface area contributed by atoms with E-state index in [1.165, 1.54) is 11.1 Å². The van der Waals surface area contributed by atoms with Crippen LogP contribution in [0.1, 0.15) is 32.1 Å². The highest BCUT2D eigenvalue weighted by Gasteiger charge is 2.22. The molecule has 1 saturated carbocycles. The highest BCUT2D eigenvalue weighted by atomic mass is 32.1. The third-order valence-electron chi connectivity index (χ3n) is 4.69. The Kier molecular flexibility index (Phi) is 4.30. The molecule has 1 amide bonds. The van der Waals surface area contributed by atoms with E-state index in [9.17, 15) is 4.79 Å². The smallest absolute Gasteiger partial charge is 0.227 e. The summed E-state index contributed by atoms with van der Waals surface area (Å²) in [6, 6.07) is 16.1. The summed E-state index contributed by atoms with van der Waals surface area (Å²) in [4.78, 5) is 17.3. The first-order valence-electron chi connectivity index (χ1n) is 8.57. The molecule has 0 atom stereocenters. The molecule has 3 aromatic rings. The summed E-state index contributed by atoms with van der Waals surface area (Å²) >= 11 is 1.66. The monoisotopic (exact) mass is 336 g/mol. The summed E-state index contributed by atoms with van der Waals surface area (Å²) in [5.74, 6) is 0.311. The molecule has 24 heavy (non-hydrogen) atoms. The van der Waals surface area contributed by atoms with Gasteiger partial charge in [0.15, 0.2) is 0 Å². The Morgan fingerprint density at radius 1 is 1.00 bits per heavy atom. The predicted molar refractivity (Wildman–Crippen MR) is 100 cm³/mol. The summed E-state index contributed by atoms with van der Waals surface area (Å²) in [6.45, 7) is 0. The molecule has 0 saturated heterocycles. The van der Waals surface area contributed by atoms with Crippen LogP contribution >= 0.6 is 11.3 Å². The number of rotatable bonds is 3. The molecule has 1 N–H and O–H groups in total. The molecule has 1 aromatic heterocycles. The SMILES string of the molecule is O=C(Nc1ccccc1-c1nc2ccccc2s1)C1CCCCC1. The van der Waals surface area contributed by atoms with Gasteiger partial charge in [-0.3, -0.25) is 4.79 Å². The Hall–Kier alpha value is -2.20. The molecule has 0 bridgehead atoms. The number of fused-ring (bicyclic) bond motifs is 1. The molecule has 3 nitrogen and oxygen atoms in total. The Morgan fingerprint density at radius 2 is 1.75 bits per heavy atom. The first-order chi connectivity index (χ1) is 11.8. The first kappa shape index (κ1) is 15.3. The van der Waals surface area contributed by atoms with Crippen molar-refractivity contribution in [3.8, 4) is 10.6 Å². The fourth-order valence-electron chi connectivity index (χ4n) is 3.37. The molecule has 1 heterocycles. The number of thiazole rings is 1. The number of anilines is 1. The lowest BCUT2D eigenvalue weighted by molar-refractivity contribution is -0.120. The second kappa shape index (κ2) is 6.73. The molecule has 0 radical (unpaired) electrons. The lowest BCUT2D eigenvalue weighted by Crippen LogP contribution is -2.24. The maximum Gasteiger partial charge on any atom is 0.227 e. The minimum absolute atomic E-state index is 0.155.